The van der Waals surface area contributed by atoms with Gasteiger partial charge in [-0.3, -0.25) is 0 Å². The predicted molar refractivity (Wildman–Crippen MR) is 101 cm³/mol. The molecule has 8 heteroatoms. The summed E-state index contributed by atoms with van der Waals surface area (Å²) >= 11 is 0. The summed E-state index contributed by atoms with van der Waals surface area (Å²) in [5.74, 6) is -3.03. The van der Waals surface area contributed by atoms with Crippen LogP contribution in [0.4, 0.5) is 29.5 Å². The van der Waals surface area contributed by atoms with Gasteiger partial charge >= 0.3 is 6.03 Å². The van der Waals surface area contributed by atoms with Gasteiger partial charge in [0.1, 0.15) is 5.82 Å². The summed E-state index contributed by atoms with van der Waals surface area (Å²) in [5, 5.41) is 2.82. The van der Waals surface area contributed by atoms with Crippen molar-refractivity contribution < 1.29 is 18.0 Å². The summed E-state index contributed by atoms with van der Waals surface area (Å²) in [4.78, 5) is 20.1. The molecule has 2 aliphatic heterocycles. The highest BCUT2D eigenvalue weighted by Crippen LogP contribution is 2.39. The van der Waals surface area contributed by atoms with E-state index in [1.54, 1.807) is 29.2 Å². The van der Waals surface area contributed by atoms with E-state index in [0.717, 1.165) is 12.8 Å². The molecule has 5 nitrogen and oxygen atoms in total. The number of halogens is 3. The van der Waals surface area contributed by atoms with Gasteiger partial charge in [0, 0.05) is 43.4 Å². The number of aromatic nitrogens is 1. The van der Waals surface area contributed by atoms with Crippen molar-refractivity contribution in [2.24, 2.45) is 0 Å². The summed E-state index contributed by atoms with van der Waals surface area (Å²) in [6.07, 6.45) is 3.02. The summed E-state index contributed by atoms with van der Waals surface area (Å²) in [6.45, 7) is 0.914. The number of hydrogen-bond donors (Lipinski definition) is 1. The molecule has 2 saturated heterocycles. The lowest BCUT2D eigenvalue weighted by Gasteiger charge is -2.24. The molecule has 1 aromatic carbocycles. The fourth-order valence-corrected chi connectivity index (χ4v) is 3.74. The van der Waals surface area contributed by atoms with E-state index in [-0.39, 0.29) is 36.1 Å². The first kappa shape index (κ1) is 18.6. The predicted octanol–water partition coefficient (Wildman–Crippen LogP) is 4.36. The molecule has 2 aliphatic rings. The first-order valence-corrected chi connectivity index (χ1v) is 9.37. The van der Waals surface area contributed by atoms with Crippen LogP contribution in [0.1, 0.15) is 19.3 Å². The second kappa shape index (κ2) is 7.33. The molecular formula is C20H21F3N4O. The van der Waals surface area contributed by atoms with Crippen molar-refractivity contribution in [2.75, 3.05) is 36.4 Å². The molecule has 0 spiro atoms. The Labute approximate surface area is 161 Å². The summed E-state index contributed by atoms with van der Waals surface area (Å²) < 4.78 is 42.0. The lowest BCUT2D eigenvalue weighted by Crippen LogP contribution is -2.33. The first-order valence-electron chi connectivity index (χ1n) is 9.37. The van der Waals surface area contributed by atoms with Crippen molar-refractivity contribution in [2.45, 2.75) is 25.2 Å². The van der Waals surface area contributed by atoms with Crippen molar-refractivity contribution in [3.8, 4) is 11.1 Å². The second-order valence-electron chi connectivity index (χ2n) is 7.19. The number of alkyl halides is 2. The number of nitrogens with one attached hydrogen (secondary N) is 1. The van der Waals surface area contributed by atoms with Gasteiger partial charge in [-0.1, -0.05) is 18.2 Å². The summed E-state index contributed by atoms with van der Waals surface area (Å²) in [5.41, 5.74) is 0.974. The molecule has 2 aromatic rings. The molecule has 0 saturated carbocycles. The molecule has 4 rings (SSSR count). The van der Waals surface area contributed by atoms with Crippen LogP contribution in [-0.4, -0.2) is 48.0 Å². The number of benzene rings is 1. The molecule has 28 heavy (non-hydrogen) atoms. The molecule has 0 unspecified atom stereocenters. The number of amides is 2. The van der Waals surface area contributed by atoms with Crippen LogP contribution in [0.5, 0.6) is 0 Å². The molecule has 148 valence electrons. The molecule has 1 aromatic heterocycles. The van der Waals surface area contributed by atoms with Gasteiger partial charge in [-0.15, -0.1) is 0 Å². The molecule has 0 bridgehead atoms. The topological polar surface area (TPSA) is 48.5 Å². The maximum Gasteiger partial charge on any atom is 0.321 e. The summed E-state index contributed by atoms with van der Waals surface area (Å²) in [6, 6.07) is 7.45. The third-order valence-electron chi connectivity index (χ3n) is 5.19. The molecule has 0 atom stereocenters. The number of rotatable bonds is 3. The average molecular weight is 390 g/mol. The van der Waals surface area contributed by atoms with E-state index in [0.29, 0.717) is 18.7 Å². The van der Waals surface area contributed by atoms with Gasteiger partial charge in [-0.05, 0) is 25.0 Å². The number of hydrogen-bond acceptors (Lipinski definition) is 3. The lowest BCUT2D eigenvalue weighted by atomic mass is 10.0. The first-order chi connectivity index (χ1) is 13.4. The highest BCUT2D eigenvalue weighted by Gasteiger charge is 2.40. The van der Waals surface area contributed by atoms with Crippen LogP contribution in [0.15, 0.2) is 36.5 Å². The van der Waals surface area contributed by atoms with Crippen molar-refractivity contribution in [1.29, 1.82) is 0 Å². The lowest BCUT2D eigenvalue weighted by molar-refractivity contribution is 0.0257. The van der Waals surface area contributed by atoms with Gasteiger partial charge in [-0.2, -0.15) is 0 Å². The van der Waals surface area contributed by atoms with Crippen LogP contribution in [0.25, 0.3) is 11.1 Å². The van der Waals surface area contributed by atoms with Crippen molar-refractivity contribution in [3.05, 3.63) is 42.3 Å². The highest BCUT2D eigenvalue weighted by molar-refractivity contribution is 5.99. The Morgan fingerprint density at radius 1 is 1.07 bits per heavy atom. The largest absolute Gasteiger partial charge is 0.349 e. The number of likely N-dealkylation sites (tertiary alicyclic amines) is 1. The molecule has 2 fully saturated rings. The molecule has 0 radical (unpaired) electrons. The molecule has 0 aliphatic carbocycles. The third kappa shape index (κ3) is 3.63. The number of urea groups is 1. The second-order valence-corrected chi connectivity index (χ2v) is 7.19. The van der Waals surface area contributed by atoms with Crippen LogP contribution in [0.3, 0.4) is 0 Å². The van der Waals surface area contributed by atoms with E-state index < -0.39 is 18.3 Å². The standard InChI is InChI=1S/C20H21F3N4O/c21-16-6-2-1-5-14(16)15-7-9-24-18(27-12-8-20(22,23)13-27)17(15)25-19(28)26-10-3-4-11-26/h1-2,5-7,9H,3-4,8,10-13H2,(H,25,28). The summed E-state index contributed by atoms with van der Waals surface area (Å²) in [7, 11) is 0. The van der Waals surface area contributed by atoms with Gasteiger partial charge in [0.25, 0.3) is 5.92 Å². The Hall–Kier alpha value is -2.77. The van der Waals surface area contributed by atoms with Gasteiger partial charge in [0.2, 0.25) is 0 Å². The number of nitrogens with zero attached hydrogens (tertiary/aromatic N) is 3. The normalized spacial score (nSPS) is 18.5. The van der Waals surface area contributed by atoms with Crippen LogP contribution in [0.2, 0.25) is 0 Å². The van der Waals surface area contributed by atoms with Crippen molar-refractivity contribution in [1.82, 2.24) is 9.88 Å². The van der Waals surface area contributed by atoms with Crippen LogP contribution >= 0.6 is 0 Å². The van der Waals surface area contributed by atoms with Gasteiger partial charge in [0.05, 0.1) is 12.2 Å². The zero-order chi connectivity index (χ0) is 19.7. The molecule has 1 N–H and O–H groups in total. The minimum absolute atomic E-state index is 0.118. The van der Waals surface area contributed by atoms with Crippen LogP contribution in [0, 0.1) is 5.82 Å². The van der Waals surface area contributed by atoms with E-state index in [1.165, 1.54) is 17.2 Å². The minimum Gasteiger partial charge on any atom is -0.349 e. The Morgan fingerprint density at radius 2 is 1.82 bits per heavy atom. The number of carbonyl (C=O) groups excluding carboxylic acids is 1. The quantitative estimate of drug-likeness (QED) is 0.847. The van der Waals surface area contributed by atoms with E-state index in [2.05, 4.69) is 10.3 Å². The monoisotopic (exact) mass is 390 g/mol. The molecular weight excluding hydrogens is 369 g/mol. The Bertz CT molecular complexity index is 884. The Kier molecular flexibility index (Phi) is 4.87. The van der Waals surface area contributed by atoms with Crippen molar-refractivity contribution in [3.63, 3.8) is 0 Å². The van der Waals surface area contributed by atoms with E-state index in [4.69, 9.17) is 0 Å². The number of pyridine rings is 1. The molecule has 3 heterocycles. The third-order valence-corrected chi connectivity index (χ3v) is 5.19. The zero-order valence-electron chi connectivity index (χ0n) is 15.3. The van der Waals surface area contributed by atoms with Gasteiger partial charge in [0.15, 0.2) is 5.82 Å². The zero-order valence-corrected chi connectivity index (χ0v) is 15.3. The van der Waals surface area contributed by atoms with Gasteiger partial charge in [-0.25, -0.2) is 22.9 Å². The highest BCUT2D eigenvalue weighted by atomic mass is 19.3. The minimum atomic E-state index is -2.81. The van der Waals surface area contributed by atoms with Crippen LogP contribution in [-0.2, 0) is 0 Å². The van der Waals surface area contributed by atoms with Crippen molar-refractivity contribution >= 4 is 17.5 Å². The SMILES string of the molecule is O=C(Nc1c(-c2ccccc2F)ccnc1N1CCC(F)(F)C1)N1CCCC1. The van der Waals surface area contributed by atoms with E-state index in [9.17, 15) is 18.0 Å². The molecule has 2 amide bonds. The van der Waals surface area contributed by atoms with E-state index >= 15 is 0 Å². The average Bonchev–Trinajstić information content (AvgIpc) is 3.32. The maximum atomic E-state index is 14.4. The number of anilines is 2. The Balaban J connectivity index is 1.76. The fourth-order valence-electron chi connectivity index (χ4n) is 3.74. The number of carbonyl (C=O) groups is 1. The Morgan fingerprint density at radius 3 is 2.50 bits per heavy atom. The smallest absolute Gasteiger partial charge is 0.321 e. The van der Waals surface area contributed by atoms with E-state index in [1.807, 2.05) is 0 Å². The van der Waals surface area contributed by atoms with Gasteiger partial charge < -0.3 is 15.1 Å². The maximum absolute atomic E-state index is 14.4. The van der Waals surface area contributed by atoms with Crippen LogP contribution < -0.4 is 10.2 Å². The fraction of sp³-hybridized carbons (Fsp3) is 0.400.